The fourth-order valence-corrected chi connectivity index (χ4v) is 3.22. The average molecular weight is 256 g/mol. The predicted octanol–water partition coefficient (Wildman–Crippen LogP) is 5.31. The molecule has 0 aliphatic rings. The van der Waals surface area contributed by atoms with Crippen LogP contribution in [0.15, 0.2) is 60.7 Å². The molecule has 2 rings (SSSR count). The summed E-state index contributed by atoms with van der Waals surface area (Å²) < 4.78 is 0. The van der Waals surface area contributed by atoms with E-state index >= 15 is 0 Å². The first kappa shape index (κ1) is 13.2. The second-order valence-electron chi connectivity index (χ2n) is 4.56. The van der Waals surface area contributed by atoms with E-state index in [4.69, 9.17) is 0 Å². The Morgan fingerprint density at radius 2 is 1.28 bits per heavy atom. The van der Waals surface area contributed by atoms with E-state index in [1.807, 2.05) is 0 Å². The monoisotopic (exact) mass is 256 g/mol. The van der Waals surface area contributed by atoms with Crippen LogP contribution in [0.1, 0.15) is 36.6 Å². The van der Waals surface area contributed by atoms with Crippen molar-refractivity contribution in [1.82, 2.24) is 0 Å². The summed E-state index contributed by atoms with van der Waals surface area (Å²) in [5.41, 5.74) is 2.79. The molecule has 2 aromatic carbocycles. The minimum Gasteiger partial charge on any atom is -0.146 e. The van der Waals surface area contributed by atoms with Crippen LogP contribution < -0.4 is 0 Å². The summed E-state index contributed by atoms with van der Waals surface area (Å²) in [7, 11) is 0. The highest BCUT2D eigenvalue weighted by atomic mass is 32.2. The Morgan fingerprint density at radius 3 is 1.67 bits per heavy atom. The first-order valence-corrected chi connectivity index (χ1v) is 7.51. The van der Waals surface area contributed by atoms with Crippen molar-refractivity contribution in [3.05, 3.63) is 71.8 Å². The molecule has 0 aromatic heterocycles. The molecule has 94 valence electrons. The molecule has 0 bridgehead atoms. The van der Waals surface area contributed by atoms with E-state index in [0.717, 1.165) is 0 Å². The van der Waals surface area contributed by atoms with Crippen molar-refractivity contribution in [2.75, 3.05) is 0 Å². The van der Waals surface area contributed by atoms with E-state index in [9.17, 15) is 0 Å². The fraction of sp³-hybridized carbons (Fsp3) is 0.294. The third-order valence-electron chi connectivity index (χ3n) is 3.15. The molecule has 1 atom stereocenters. The van der Waals surface area contributed by atoms with Gasteiger partial charge in [0.1, 0.15) is 0 Å². The molecule has 18 heavy (non-hydrogen) atoms. The molecular weight excluding hydrogens is 236 g/mol. The van der Waals surface area contributed by atoms with Crippen molar-refractivity contribution < 1.29 is 0 Å². The van der Waals surface area contributed by atoms with Gasteiger partial charge < -0.3 is 0 Å². The maximum absolute atomic E-state index is 2.31. The summed E-state index contributed by atoms with van der Waals surface area (Å²) >= 11 is 2.05. The Kier molecular flexibility index (Phi) is 4.89. The third kappa shape index (κ3) is 3.39. The molecule has 0 nitrogen and oxygen atoms in total. The van der Waals surface area contributed by atoms with Crippen LogP contribution in [0.3, 0.4) is 0 Å². The predicted molar refractivity (Wildman–Crippen MR) is 82.1 cm³/mol. The summed E-state index contributed by atoms with van der Waals surface area (Å²) in [4.78, 5) is 0. The largest absolute Gasteiger partial charge is 0.146 e. The molecule has 1 heteroatoms. The highest BCUT2D eigenvalue weighted by molar-refractivity contribution is 8.00. The van der Waals surface area contributed by atoms with Gasteiger partial charge in [0.05, 0.1) is 5.25 Å². The molecule has 0 N–H and O–H groups in total. The maximum Gasteiger partial charge on any atom is 0.0549 e. The quantitative estimate of drug-likeness (QED) is 0.698. The zero-order valence-corrected chi connectivity index (χ0v) is 11.9. The highest BCUT2D eigenvalue weighted by Crippen LogP contribution is 2.38. The lowest BCUT2D eigenvalue weighted by atomic mass is 10.0. The van der Waals surface area contributed by atoms with Crippen molar-refractivity contribution in [3.63, 3.8) is 0 Å². The van der Waals surface area contributed by atoms with Crippen molar-refractivity contribution in [2.24, 2.45) is 0 Å². The van der Waals surface area contributed by atoms with E-state index in [-0.39, 0.29) is 0 Å². The van der Waals surface area contributed by atoms with Crippen molar-refractivity contribution in [1.29, 1.82) is 0 Å². The zero-order chi connectivity index (χ0) is 12.8. The third-order valence-corrected chi connectivity index (χ3v) is 4.76. The summed E-state index contributed by atoms with van der Waals surface area (Å²) in [6.07, 6.45) is 1.21. The van der Waals surface area contributed by atoms with Gasteiger partial charge in [-0.15, -0.1) is 11.8 Å². The minimum absolute atomic E-state index is 0.447. The fourth-order valence-electron chi connectivity index (χ4n) is 1.93. The number of hydrogen-bond donors (Lipinski definition) is 0. The molecule has 0 aliphatic carbocycles. The Hall–Kier alpha value is -1.21. The van der Waals surface area contributed by atoms with Crippen LogP contribution in [0.4, 0.5) is 0 Å². The summed E-state index contributed by atoms with van der Waals surface area (Å²) in [6.45, 7) is 4.56. The lowest BCUT2D eigenvalue weighted by Gasteiger charge is -2.21. The topological polar surface area (TPSA) is 0 Å². The van der Waals surface area contributed by atoms with Gasteiger partial charge in [-0.2, -0.15) is 0 Å². The van der Waals surface area contributed by atoms with Crippen LogP contribution in [-0.4, -0.2) is 5.25 Å². The van der Waals surface area contributed by atoms with E-state index < -0.39 is 0 Å². The molecular formula is C17H20S. The van der Waals surface area contributed by atoms with Gasteiger partial charge in [-0.25, -0.2) is 0 Å². The molecule has 0 amide bonds. The van der Waals surface area contributed by atoms with Crippen LogP contribution in [0.25, 0.3) is 0 Å². The normalized spacial score (nSPS) is 12.6. The van der Waals surface area contributed by atoms with Crippen molar-refractivity contribution in [2.45, 2.75) is 30.8 Å². The summed E-state index contributed by atoms with van der Waals surface area (Å²) in [6, 6.07) is 21.6. The number of rotatable bonds is 5. The Balaban J connectivity index is 2.29. The van der Waals surface area contributed by atoms with Gasteiger partial charge in [0.2, 0.25) is 0 Å². The second-order valence-corrected chi connectivity index (χ2v) is 6.10. The molecule has 2 aromatic rings. The van der Waals surface area contributed by atoms with Crippen LogP contribution in [-0.2, 0) is 0 Å². The standard InChI is InChI=1S/C17H20S/c1-3-14(2)18-17(15-10-6-4-7-11-15)16-12-8-5-9-13-16/h4-14,17H,3H2,1-2H3. The highest BCUT2D eigenvalue weighted by Gasteiger charge is 2.16. The molecule has 0 heterocycles. The molecule has 0 saturated carbocycles. The van der Waals surface area contributed by atoms with Crippen LogP contribution >= 0.6 is 11.8 Å². The SMILES string of the molecule is CCC(C)SC(c1ccccc1)c1ccccc1. The van der Waals surface area contributed by atoms with Gasteiger partial charge in [0, 0.05) is 5.25 Å². The molecule has 0 aliphatic heterocycles. The zero-order valence-electron chi connectivity index (χ0n) is 11.0. The number of hydrogen-bond acceptors (Lipinski definition) is 1. The molecule has 0 radical (unpaired) electrons. The van der Waals surface area contributed by atoms with Gasteiger partial charge in [0.15, 0.2) is 0 Å². The smallest absolute Gasteiger partial charge is 0.0549 e. The van der Waals surface area contributed by atoms with E-state index in [2.05, 4.69) is 86.3 Å². The molecule has 0 fully saturated rings. The Morgan fingerprint density at radius 1 is 0.833 bits per heavy atom. The maximum atomic E-state index is 2.31. The van der Waals surface area contributed by atoms with Gasteiger partial charge in [-0.1, -0.05) is 74.5 Å². The van der Waals surface area contributed by atoms with Gasteiger partial charge in [-0.05, 0) is 17.5 Å². The second kappa shape index (κ2) is 6.65. The Labute approximate surface area is 114 Å². The van der Waals surface area contributed by atoms with Crippen LogP contribution in [0.5, 0.6) is 0 Å². The summed E-state index contributed by atoms with van der Waals surface area (Å²) in [5, 5.41) is 1.12. The van der Waals surface area contributed by atoms with E-state index in [1.54, 1.807) is 0 Å². The molecule has 1 unspecified atom stereocenters. The van der Waals surface area contributed by atoms with E-state index in [1.165, 1.54) is 17.5 Å². The molecule has 0 spiro atoms. The number of thioether (sulfide) groups is 1. The lowest BCUT2D eigenvalue weighted by Crippen LogP contribution is -2.02. The number of benzene rings is 2. The first-order valence-electron chi connectivity index (χ1n) is 6.56. The Bertz CT molecular complexity index is 410. The minimum atomic E-state index is 0.447. The van der Waals surface area contributed by atoms with Gasteiger partial charge in [-0.3, -0.25) is 0 Å². The lowest BCUT2D eigenvalue weighted by molar-refractivity contribution is 0.899. The van der Waals surface area contributed by atoms with E-state index in [0.29, 0.717) is 10.5 Å². The van der Waals surface area contributed by atoms with Crippen LogP contribution in [0, 0.1) is 0 Å². The molecule has 0 saturated heterocycles. The van der Waals surface area contributed by atoms with Gasteiger partial charge in [0.25, 0.3) is 0 Å². The average Bonchev–Trinajstić information content (AvgIpc) is 2.46. The van der Waals surface area contributed by atoms with Gasteiger partial charge >= 0.3 is 0 Å². The van der Waals surface area contributed by atoms with Crippen molar-refractivity contribution in [3.8, 4) is 0 Å². The summed E-state index contributed by atoms with van der Waals surface area (Å²) in [5.74, 6) is 0. The van der Waals surface area contributed by atoms with Crippen LogP contribution in [0.2, 0.25) is 0 Å². The first-order chi connectivity index (χ1) is 8.81. The van der Waals surface area contributed by atoms with Crippen molar-refractivity contribution >= 4 is 11.8 Å².